The van der Waals surface area contributed by atoms with Gasteiger partial charge in [-0.2, -0.15) is 0 Å². The fraction of sp³-hybridized carbons (Fsp3) is 0.562. The largest absolute Gasteiger partial charge is 0.299 e. The number of Topliss-reactive ketones (excluding diaryl/α,β-unsaturated/α-hetero) is 1. The Hall–Kier alpha value is -1.11. The summed E-state index contributed by atoms with van der Waals surface area (Å²) in [6.07, 6.45) is 8.12. The number of fused-ring (bicyclic) bond motifs is 1. The summed E-state index contributed by atoms with van der Waals surface area (Å²) >= 11 is 0. The summed E-state index contributed by atoms with van der Waals surface area (Å²) in [6.45, 7) is 0. The highest BCUT2D eigenvalue weighted by molar-refractivity contribution is 5.84. The number of hydrogen-bond acceptors (Lipinski definition) is 1. The molecule has 0 saturated heterocycles. The summed E-state index contributed by atoms with van der Waals surface area (Å²) in [5.74, 6) is 1.22. The molecule has 1 aromatic carbocycles. The van der Waals surface area contributed by atoms with Gasteiger partial charge in [0, 0.05) is 11.8 Å². The molecule has 0 amide bonds. The molecule has 0 unspecified atom stereocenters. The van der Waals surface area contributed by atoms with Crippen LogP contribution < -0.4 is 0 Å². The van der Waals surface area contributed by atoms with Gasteiger partial charge in [-0.15, -0.1) is 0 Å². The van der Waals surface area contributed by atoms with Crippen molar-refractivity contribution < 1.29 is 4.79 Å². The summed E-state index contributed by atoms with van der Waals surface area (Å²) in [6, 6.07) is 8.55. The number of ketones is 1. The Kier molecular flexibility index (Phi) is 3.00. The quantitative estimate of drug-likeness (QED) is 0.756. The van der Waals surface area contributed by atoms with E-state index in [1.165, 1.54) is 30.4 Å². The second-order valence-electron chi connectivity index (χ2n) is 5.61. The first-order chi connectivity index (χ1) is 8.34. The fourth-order valence-electron chi connectivity index (χ4n) is 3.48. The molecule has 0 aliphatic heterocycles. The second kappa shape index (κ2) is 4.64. The van der Waals surface area contributed by atoms with Gasteiger partial charge in [0.1, 0.15) is 5.78 Å². The Bertz CT molecular complexity index is 390. The van der Waals surface area contributed by atoms with E-state index >= 15 is 0 Å². The predicted molar refractivity (Wildman–Crippen MR) is 68.9 cm³/mol. The van der Waals surface area contributed by atoms with Crippen molar-refractivity contribution in [2.24, 2.45) is 11.8 Å². The molecule has 0 bridgehead atoms. The number of benzene rings is 1. The van der Waals surface area contributed by atoms with Gasteiger partial charge in [0.05, 0.1) is 0 Å². The standard InChI is InChI=1S/C16H20O/c17-16(12-6-2-1-3-7-12)15-10-13-8-4-5-9-14(13)11-15/h4-5,8-9,12,15H,1-3,6-7,10-11H2. The van der Waals surface area contributed by atoms with Crippen molar-refractivity contribution in [1.82, 2.24) is 0 Å². The minimum absolute atomic E-state index is 0.287. The molecule has 1 heteroatoms. The third-order valence-corrected chi connectivity index (χ3v) is 4.46. The SMILES string of the molecule is O=C(C1CCCCC1)C1Cc2ccccc2C1. The average molecular weight is 228 g/mol. The summed E-state index contributed by atoms with van der Waals surface area (Å²) in [7, 11) is 0. The maximum Gasteiger partial charge on any atom is 0.139 e. The van der Waals surface area contributed by atoms with Crippen molar-refractivity contribution in [3.05, 3.63) is 35.4 Å². The van der Waals surface area contributed by atoms with E-state index in [1.807, 2.05) is 0 Å². The van der Waals surface area contributed by atoms with Crippen molar-refractivity contribution in [3.8, 4) is 0 Å². The number of carbonyl (C=O) groups excluding carboxylic acids is 1. The van der Waals surface area contributed by atoms with Gasteiger partial charge in [-0.05, 0) is 36.8 Å². The molecule has 2 aliphatic rings. The highest BCUT2D eigenvalue weighted by Crippen LogP contribution is 2.33. The minimum Gasteiger partial charge on any atom is -0.299 e. The van der Waals surface area contributed by atoms with E-state index in [2.05, 4.69) is 24.3 Å². The summed E-state index contributed by atoms with van der Waals surface area (Å²) in [5, 5.41) is 0. The van der Waals surface area contributed by atoms with E-state index in [-0.39, 0.29) is 5.92 Å². The molecule has 3 rings (SSSR count). The summed E-state index contributed by atoms with van der Waals surface area (Å²) in [5.41, 5.74) is 2.81. The van der Waals surface area contributed by atoms with Gasteiger partial charge in [-0.25, -0.2) is 0 Å². The van der Waals surface area contributed by atoms with Crippen LogP contribution in [-0.2, 0) is 17.6 Å². The highest BCUT2D eigenvalue weighted by atomic mass is 16.1. The second-order valence-corrected chi connectivity index (χ2v) is 5.61. The molecule has 1 fully saturated rings. The van der Waals surface area contributed by atoms with Crippen LogP contribution in [-0.4, -0.2) is 5.78 Å². The first kappa shape index (κ1) is 11.0. The van der Waals surface area contributed by atoms with Crippen molar-refractivity contribution in [2.75, 3.05) is 0 Å². The van der Waals surface area contributed by atoms with E-state index < -0.39 is 0 Å². The molecule has 0 atom stereocenters. The van der Waals surface area contributed by atoms with Crippen molar-refractivity contribution in [1.29, 1.82) is 0 Å². The van der Waals surface area contributed by atoms with Gasteiger partial charge in [0.2, 0.25) is 0 Å². The molecule has 1 nitrogen and oxygen atoms in total. The Balaban J connectivity index is 1.69. The van der Waals surface area contributed by atoms with E-state index in [1.54, 1.807) is 0 Å². The smallest absolute Gasteiger partial charge is 0.139 e. The van der Waals surface area contributed by atoms with Gasteiger partial charge >= 0.3 is 0 Å². The molecule has 17 heavy (non-hydrogen) atoms. The van der Waals surface area contributed by atoms with Crippen LogP contribution in [0.15, 0.2) is 24.3 Å². The minimum atomic E-state index is 0.287. The zero-order valence-electron chi connectivity index (χ0n) is 10.3. The van der Waals surface area contributed by atoms with Gasteiger partial charge in [-0.3, -0.25) is 4.79 Å². The van der Waals surface area contributed by atoms with Crippen LogP contribution in [0.4, 0.5) is 0 Å². The maximum atomic E-state index is 12.5. The highest BCUT2D eigenvalue weighted by Gasteiger charge is 2.32. The molecular formula is C16H20O. The molecule has 0 aromatic heterocycles. The van der Waals surface area contributed by atoms with Crippen LogP contribution in [0.2, 0.25) is 0 Å². The zero-order valence-corrected chi connectivity index (χ0v) is 10.3. The third-order valence-electron chi connectivity index (χ3n) is 4.46. The van der Waals surface area contributed by atoms with Crippen LogP contribution >= 0.6 is 0 Å². The van der Waals surface area contributed by atoms with E-state index in [9.17, 15) is 4.79 Å². The molecule has 2 aliphatic carbocycles. The van der Waals surface area contributed by atoms with Crippen LogP contribution in [0.5, 0.6) is 0 Å². The normalized spacial score (nSPS) is 21.4. The van der Waals surface area contributed by atoms with Crippen molar-refractivity contribution >= 4 is 5.78 Å². The molecule has 0 N–H and O–H groups in total. The van der Waals surface area contributed by atoms with Gasteiger partial charge in [0.15, 0.2) is 0 Å². The molecule has 0 heterocycles. The van der Waals surface area contributed by atoms with E-state index in [0.717, 1.165) is 25.7 Å². The predicted octanol–water partition coefficient (Wildman–Crippen LogP) is 3.55. The summed E-state index contributed by atoms with van der Waals surface area (Å²) in [4.78, 5) is 12.5. The van der Waals surface area contributed by atoms with E-state index in [4.69, 9.17) is 0 Å². The molecule has 1 aromatic rings. The lowest BCUT2D eigenvalue weighted by Gasteiger charge is -2.23. The first-order valence-corrected chi connectivity index (χ1v) is 6.95. The molecule has 1 saturated carbocycles. The Labute approximate surface area is 103 Å². The topological polar surface area (TPSA) is 17.1 Å². The molecule has 0 spiro atoms. The van der Waals surface area contributed by atoms with Crippen LogP contribution in [0.25, 0.3) is 0 Å². The van der Waals surface area contributed by atoms with Crippen LogP contribution in [0.3, 0.4) is 0 Å². The zero-order chi connectivity index (χ0) is 11.7. The Morgan fingerprint density at radius 2 is 1.47 bits per heavy atom. The summed E-state index contributed by atoms with van der Waals surface area (Å²) < 4.78 is 0. The van der Waals surface area contributed by atoms with Crippen molar-refractivity contribution in [3.63, 3.8) is 0 Å². The molecular weight excluding hydrogens is 208 g/mol. The monoisotopic (exact) mass is 228 g/mol. The Morgan fingerprint density at radius 3 is 2.06 bits per heavy atom. The maximum absolute atomic E-state index is 12.5. The van der Waals surface area contributed by atoms with Crippen molar-refractivity contribution in [2.45, 2.75) is 44.9 Å². The number of hydrogen-bond donors (Lipinski definition) is 0. The number of carbonyl (C=O) groups is 1. The lowest BCUT2D eigenvalue weighted by molar-refractivity contribution is -0.127. The van der Waals surface area contributed by atoms with Gasteiger partial charge in [-0.1, -0.05) is 43.5 Å². The van der Waals surface area contributed by atoms with Gasteiger partial charge in [0.25, 0.3) is 0 Å². The molecule has 90 valence electrons. The van der Waals surface area contributed by atoms with Gasteiger partial charge < -0.3 is 0 Å². The first-order valence-electron chi connectivity index (χ1n) is 6.95. The lowest BCUT2D eigenvalue weighted by Crippen LogP contribution is -2.25. The van der Waals surface area contributed by atoms with Crippen LogP contribution in [0.1, 0.15) is 43.2 Å². The number of rotatable bonds is 2. The third kappa shape index (κ3) is 2.15. The fourth-order valence-corrected chi connectivity index (χ4v) is 3.48. The Morgan fingerprint density at radius 1 is 0.882 bits per heavy atom. The lowest BCUT2D eigenvalue weighted by atomic mass is 9.81. The average Bonchev–Trinajstić information content (AvgIpc) is 2.82. The van der Waals surface area contributed by atoms with E-state index in [0.29, 0.717) is 11.7 Å². The molecule has 0 radical (unpaired) electrons. The van der Waals surface area contributed by atoms with Crippen LogP contribution in [0, 0.1) is 11.8 Å².